The van der Waals surface area contributed by atoms with Gasteiger partial charge in [-0.3, -0.25) is 0 Å². The van der Waals surface area contributed by atoms with Crippen LogP contribution in [0.15, 0.2) is 48.5 Å². The van der Waals surface area contributed by atoms with E-state index in [1.807, 2.05) is 42.5 Å². The number of aryl methyl sites for hydroxylation is 1. The van der Waals surface area contributed by atoms with Gasteiger partial charge in [-0.1, -0.05) is 30.3 Å². The van der Waals surface area contributed by atoms with Crippen LogP contribution in [0.25, 0.3) is 10.9 Å². The fraction of sp³-hybridized carbons (Fsp3) is 0.222. The van der Waals surface area contributed by atoms with E-state index in [1.165, 1.54) is 0 Å². The van der Waals surface area contributed by atoms with Gasteiger partial charge in [-0.25, -0.2) is 4.98 Å². The molecule has 0 saturated heterocycles. The van der Waals surface area contributed by atoms with E-state index in [2.05, 4.69) is 33.6 Å². The van der Waals surface area contributed by atoms with Crippen molar-refractivity contribution in [2.45, 2.75) is 6.92 Å². The number of aromatic nitrogens is 2. The minimum atomic E-state index is 0.581. The fourth-order valence-electron chi connectivity index (χ4n) is 2.37. The number of fused-ring (bicyclic) bond motifs is 1. The summed E-state index contributed by atoms with van der Waals surface area (Å²) < 4.78 is 5.10. The third-order valence-electron chi connectivity index (χ3n) is 3.59. The number of para-hydroxylation sites is 2. The number of nitrogens with zero attached hydrogens (tertiary/aromatic N) is 2. The first-order valence-electron chi connectivity index (χ1n) is 7.60. The summed E-state index contributed by atoms with van der Waals surface area (Å²) >= 11 is 0. The molecule has 1 aromatic heterocycles. The Bertz CT molecular complexity index is 804. The summed E-state index contributed by atoms with van der Waals surface area (Å²) in [5.74, 6) is 1.39. The molecule has 5 heteroatoms. The van der Waals surface area contributed by atoms with E-state index < -0.39 is 0 Å². The highest BCUT2D eigenvalue weighted by Crippen LogP contribution is 2.24. The van der Waals surface area contributed by atoms with Crippen molar-refractivity contribution in [1.82, 2.24) is 9.97 Å². The van der Waals surface area contributed by atoms with E-state index in [1.54, 1.807) is 7.11 Å². The number of hydrogen-bond donors (Lipinski definition) is 2. The number of nitrogens with one attached hydrogen (secondary N) is 2. The lowest BCUT2D eigenvalue weighted by molar-refractivity contribution is 0.210. The van der Waals surface area contributed by atoms with Gasteiger partial charge in [0.05, 0.1) is 12.1 Å². The molecule has 0 atom stereocenters. The maximum atomic E-state index is 5.10. The van der Waals surface area contributed by atoms with Gasteiger partial charge in [-0.2, -0.15) is 4.98 Å². The van der Waals surface area contributed by atoms with Crippen LogP contribution in [0.3, 0.4) is 0 Å². The zero-order chi connectivity index (χ0) is 16.1. The summed E-state index contributed by atoms with van der Waals surface area (Å²) in [6.07, 6.45) is 0. The predicted octanol–water partition coefficient (Wildman–Crippen LogP) is 3.74. The summed E-state index contributed by atoms with van der Waals surface area (Å²) in [6, 6.07) is 16.1. The zero-order valence-electron chi connectivity index (χ0n) is 13.3. The molecule has 0 aliphatic heterocycles. The molecule has 0 amide bonds. The Morgan fingerprint density at radius 3 is 2.61 bits per heavy atom. The van der Waals surface area contributed by atoms with Crippen molar-refractivity contribution >= 4 is 28.4 Å². The number of methoxy groups -OCH3 is 1. The molecule has 0 radical (unpaired) electrons. The SMILES string of the molecule is COCCNc1nc(Nc2ccccc2C)nc2ccccc12. The first-order chi connectivity index (χ1) is 11.3. The fourth-order valence-corrected chi connectivity index (χ4v) is 2.37. The van der Waals surface area contributed by atoms with Crippen LogP contribution in [0.2, 0.25) is 0 Å². The minimum Gasteiger partial charge on any atom is -0.383 e. The topological polar surface area (TPSA) is 59.1 Å². The van der Waals surface area contributed by atoms with Crippen molar-refractivity contribution in [1.29, 1.82) is 0 Å². The molecule has 0 fully saturated rings. The van der Waals surface area contributed by atoms with Crippen molar-refractivity contribution in [2.75, 3.05) is 30.9 Å². The second-order valence-corrected chi connectivity index (χ2v) is 5.27. The Morgan fingerprint density at radius 2 is 1.78 bits per heavy atom. The summed E-state index contributed by atoms with van der Waals surface area (Å²) in [7, 11) is 1.69. The van der Waals surface area contributed by atoms with Crippen LogP contribution in [-0.4, -0.2) is 30.2 Å². The van der Waals surface area contributed by atoms with E-state index in [4.69, 9.17) is 4.74 Å². The van der Waals surface area contributed by atoms with Crippen molar-refractivity contribution < 1.29 is 4.74 Å². The largest absolute Gasteiger partial charge is 0.383 e. The molecule has 118 valence electrons. The number of anilines is 3. The lowest BCUT2D eigenvalue weighted by atomic mass is 10.2. The first kappa shape index (κ1) is 15.2. The van der Waals surface area contributed by atoms with Crippen LogP contribution >= 0.6 is 0 Å². The maximum Gasteiger partial charge on any atom is 0.229 e. The maximum absolute atomic E-state index is 5.10. The van der Waals surface area contributed by atoms with Gasteiger partial charge < -0.3 is 15.4 Å². The lowest BCUT2D eigenvalue weighted by Crippen LogP contribution is -2.10. The molecule has 5 nitrogen and oxygen atoms in total. The molecule has 2 N–H and O–H groups in total. The van der Waals surface area contributed by atoms with Gasteiger partial charge in [0.15, 0.2) is 0 Å². The van der Waals surface area contributed by atoms with E-state index >= 15 is 0 Å². The molecule has 0 unspecified atom stereocenters. The third kappa shape index (κ3) is 3.57. The average Bonchev–Trinajstić information content (AvgIpc) is 2.57. The molecular formula is C18H20N4O. The van der Waals surface area contributed by atoms with Crippen LogP contribution in [0.1, 0.15) is 5.56 Å². The molecule has 0 aliphatic carbocycles. The second-order valence-electron chi connectivity index (χ2n) is 5.27. The number of benzene rings is 2. The average molecular weight is 308 g/mol. The van der Waals surface area contributed by atoms with Gasteiger partial charge in [0.25, 0.3) is 0 Å². The van der Waals surface area contributed by atoms with Crippen LogP contribution in [0.5, 0.6) is 0 Å². The molecule has 23 heavy (non-hydrogen) atoms. The molecule has 0 aliphatic rings. The molecule has 3 rings (SSSR count). The molecule has 3 aromatic rings. The summed E-state index contributed by atoms with van der Waals surface area (Å²) in [6.45, 7) is 3.38. The first-order valence-corrected chi connectivity index (χ1v) is 7.60. The standard InChI is InChI=1S/C18H20N4O/c1-13-7-3-5-9-15(13)20-18-21-16-10-6-4-8-14(16)17(22-18)19-11-12-23-2/h3-10H,11-12H2,1-2H3,(H2,19,20,21,22). The molecule has 0 bridgehead atoms. The Balaban J connectivity index is 1.95. The quantitative estimate of drug-likeness (QED) is 0.679. The van der Waals surface area contributed by atoms with Gasteiger partial charge in [-0.15, -0.1) is 0 Å². The second kappa shape index (κ2) is 7.07. The number of hydrogen-bond acceptors (Lipinski definition) is 5. The van der Waals surface area contributed by atoms with E-state index in [0.717, 1.165) is 28.0 Å². The van der Waals surface area contributed by atoms with Gasteiger partial charge in [-0.05, 0) is 30.7 Å². The minimum absolute atomic E-state index is 0.581. The number of rotatable bonds is 6. The molecule has 2 aromatic carbocycles. The van der Waals surface area contributed by atoms with Gasteiger partial charge in [0.1, 0.15) is 5.82 Å². The molecule has 0 saturated carbocycles. The van der Waals surface area contributed by atoms with Crippen LogP contribution < -0.4 is 10.6 Å². The molecule has 0 spiro atoms. The zero-order valence-corrected chi connectivity index (χ0v) is 13.3. The van der Waals surface area contributed by atoms with Gasteiger partial charge >= 0.3 is 0 Å². The van der Waals surface area contributed by atoms with Crippen molar-refractivity contribution in [3.63, 3.8) is 0 Å². The van der Waals surface area contributed by atoms with E-state index in [-0.39, 0.29) is 0 Å². The highest BCUT2D eigenvalue weighted by atomic mass is 16.5. The van der Waals surface area contributed by atoms with Crippen LogP contribution in [0.4, 0.5) is 17.5 Å². The number of ether oxygens (including phenoxy) is 1. The molecule has 1 heterocycles. The third-order valence-corrected chi connectivity index (χ3v) is 3.59. The Labute approximate surface area is 135 Å². The predicted molar refractivity (Wildman–Crippen MR) is 94.4 cm³/mol. The highest BCUT2D eigenvalue weighted by Gasteiger charge is 2.08. The Morgan fingerprint density at radius 1 is 1.00 bits per heavy atom. The van der Waals surface area contributed by atoms with Crippen LogP contribution in [0, 0.1) is 6.92 Å². The monoisotopic (exact) mass is 308 g/mol. The lowest BCUT2D eigenvalue weighted by Gasteiger charge is -2.12. The van der Waals surface area contributed by atoms with Crippen LogP contribution in [-0.2, 0) is 4.74 Å². The normalized spacial score (nSPS) is 10.7. The van der Waals surface area contributed by atoms with Gasteiger partial charge in [0, 0.05) is 24.7 Å². The summed E-state index contributed by atoms with van der Waals surface area (Å²) in [5, 5.41) is 7.61. The summed E-state index contributed by atoms with van der Waals surface area (Å²) in [5.41, 5.74) is 3.06. The van der Waals surface area contributed by atoms with Crippen molar-refractivity contribution in [3.8, 4) is 0 Å². The Hall–Kier alpha value is -2.66. The van der Waals surface area contributed by atoms with Crippen molar-refractivity contribution in [3.05, 3.63) is 54.1 Å². The highest BCUT2D eigenvalue weighted by molar-refractivity contribution is 5.90. The smallest absolute Gasteiger partial charge is 0.229 e. The Kier molecular flexibility index (Phi) is 4.68. The summed E-state index contributed by atoms with van der Waals surface area (Å²) in [4.78, 5) is 9.23. The van der Waals surface area contributed by atoms with E-state index in [9.17, 15) is 0 Å². The van der Waals surface area contributed by atoms with E-state index in [0.29, 0.717) is 19.1 Å². The van der Waals surface area contributed by atoms with Crippen molar-refractivity contribution in [2.24, 2.45) is 0 Å². The van der Waals surface area contributed by atoms with Gasteiger partial charge in [0.2, 0.25) is 5.95 Å². The molecular weight excluding hydrogens is 288 g/mol.